The molecule has 1 N–H and O–H groups in total. The first-order valence-corrected chi connectivity index (χ1v) is 8.03. The Bertz CT molecular complexity index is 471. The summed E-state index contributed by atoms with van der Waals surface area (Å²) in [5, 5.41) is 3.04. The van der Waals surface area contributed by atoms with Crippen LogP contribution in [0.5, 0.6) is 0 Å². The summed E-state index contributed by atoms with van der Waals surface area (Å²) < 4.78 is 6.48. The van der Waals surface area contributed by atoms with E-state index >= 15 is 0 Å². The van der Waals surface area contributed by atoms with Gasteiger partial charge in [-0.15, -0.1) is 0 Å². The quantitative estimate of drug-likeness (QED) is 0.807. The number of morpholine rings is 1. The monoisotopic (exact) mass is 388 g/mol. The molecule has 1 heterocycles. The Morgan fingerprint density at radius 2 is 2.10 bits per heavy atom. The topological polar surface area (TPSA) is 41.6 Å². The Balaban J connectivity index is 2.00. The molecule has 1 amide bonds. The smallest absolute Gasteiger partial charge is 0.238 e. The van der Waals surface area contributed by atoms with Gasteiger partial charge in [0.15, 0.2) is 0 Å². The maximum absolute atomic E-state index is 12.1. The van der Waals surface area contributed by atoms with Gasteiger partial charge < -0.3 is 10.1 Å². The number of halogens is 1. The lowest BCUT2D eigenvalue weighted by Crippen LogP contribution is -2.41. The van der Waals surface area contributed by atoms with Gasteiger partial charge in [0.1, 0.15) is 0 Å². The van der Waals surface area contributed by atoms with E-state index < -0.39 is 0 Å². The molecule has 1 aromatic carbocycles. The van der Waals surface area contributed by atoms with Crippen LogP contribution in [0.2, 0.25) is 0 Å². The Kier molecular flexibility index (Phi) is 5.80. The molecule has 0 spiro atoms. The third kappa shape index (κ3) is 4.43. The van der Waals surface area contributed by atoms with Crippen LogP contribution in [0.1, 0.15) is 25.3 Å². The third-order valence-corrected chi connectivity index (χ3v) is 4.05. The molecule has 0 aliphatic carbocycles. The summed E-state index contributed by atoms with van der Waals surface area (Å²) in [6, 6.07) is 6.15. The molecule has 0 radical (unpaired) electrons. The van der Waals surface area contributed by atoms with Crippen molar-refractivity contribution in [1.82, 2.24) is 4.90 Å². The fourth-order valence-electron chi connectivity index (χ4n) is 2.28. The molecule has 0 bridgehead atoms. The van der Waals surface area contributed by atoms with E-state index in [0.717, 1.165) is 18.8 Å². The first kappa shape index (κ1) is 15.7. The van der Waals surface area contributed by atoms with Crippen molar-refractivity contribution in [3.8, 4) is 0 Å². The van der Waals surface area contributed by atoms with Crippen molar-refractivity contribution in [3.05, 3.63) is 27.3 Å². The van der Waals surface area contributed by atoms with Gasteiger partial charge in [-0.1, -0.05) is 13.8 Å². The number of hydrogen-bond donors (Lipinski definition) is 1. The molecular weight excluding hydrogens is 367 g/mol. The van der Waals surface area contributed by atoms with Gasteiger partial charge in [-0.25, -0.2) is 0 Å². The molecule has 1 saturated heterocycles. The number of benzene rings is 1. The SMILES string of the molecule is CC(C)c1cc(I)ccc1NC(=O)CN1CCOCC1. The van der Waals surface area contributed by atoms with Crippen molar-refractivity contribution in [2.75, 3.05) is 38.2 Å². The van der Waals surface area contributed by atoms with Crippen molar-refractivity contribution < 1.29 is 9.53 Å². The number of hydrogen-bond acceptors (Lipinski definition) is 3. The Morgan fingerprint density at radius 3 is 2.75 bits per heavy atom. The number of anilines is 1. The number of nitrogens with one attached hydrogen (secondary N) is 1. The highest BCUT2D eigenvalue weighted by Gasteiger charge is 2.15. The number of rotatable bonds is 4. The Labute approximate surface area is 134 Å². The highest BCUT2D eigenvalue weighted by molar-refractivity contribution is 14.1. The Hall–Kier alpha value is -0.660. The molecule has 0 aromatic heterocycles. The fraction of sp³-hybridized carbons (Fsp3) is 0.533. The summed E-state index contributed by atoms with van der Waals surface area (Å²) in [5.41, 5.74) is 2.12. The molecule has 1 aliphatic rings. The molecule has 1 aromatic rings. The first-order chi connectivity index (χ1) is 9.56. The van der Waals surface area contributed by atoms with Crippen LogP contribution in [0.15, 0.2) is 18.2 Å². The molecule has 1 fully saturated rings. The summed E-state index contributed by atoms with van der Waals surface area (Å²) in [7, 11) is 0. The standard InChI is InChI=1S/C15H21IN2O2/c1-11(2)13-9-12(16)3-4-14(13)17-15(19)10-18-5-7-20-8-6-18/h3-4,9,11H,5-8,10H2,1-2H3,(H,17,19). The molecule has 0 saturated carbocycles. The second-order valence-electron chi connectivity index (χ2n) is 5.32. The molecule has 4 nitrogen and oxygen atoms in total. The van der Waals surface area contributed by atoms with Crippen molar-refractivity contribution >= 4 is 34.2 Å². The van der Waals surface area contributed by atoms with Gasteiger partial charge in [0.25, 0.3) is 0 Å². The largest absolute Gasteiger partial charge is 0.379 e. The van der Waals surface area contributed by atoms with Gasteiger partial charge in [0.05, 0.1) is 19.8 Å². The van der Waals surface area contributed by atoms with Crippen LogP contribution < -0.4 is 5.32 Å². The lowest BCUT2D eigenvalue weighted by atomic mass is 10.0. The zero-order chi connectivity index (χ0) is 14.5. The zero-order valence-electron chi connectivity index (χ0n) is 12.0. The number of amides is 1. The average Bonchev–Trinajstić information content (AvgIpc) is 2.41. The summed E-state index contributed by atoms with van der Waals surface area (Å²) >= 11 is 2.30. The highest BCUT2D eigenvalue weighted by atomic mass is 127. The van der Waals surface area contributed by atoms with Gasteiger partial charge in [-0.3, -0.25) is 9.69 Å². The van der Waals surface area contributed by atoms with E-state index in [1.54, 1.807) is 0 Å². The molecule has 2 rings (SSSR count). The van der Waals surface area contributed by atoms with Crippen molar-refractivity contribution in [3.63, 3.8) is 0 Å². The molecule has 1 aliphatic heterocycles. The molecule has 20 heavy (non-hydrogen) atoms. The van der Waals surface area contributed by atoms with E-state index in [9.17, 15) is 4.79 Å². The normalized spacial score (nSPS) is 16.4. The highest BCUT2D eigenvalue weighted by Crippen LogP contribution is 2.26. The summed E-state index contributed by atoms with van der Waals surface area (Å²) in [6.45, 7) is 7.81. The second-order valence-corrected chi connectivity index (χ2v) is 6.57. The van der Waals surface area contributed by atoms with E-state index in [-0.39, 0.29) is 5.91 Å². The molecule has 110 valence electrons. The van der Waals surface area contributed by atoms with Crippen molar-refractivity contribution in [2.24, 2.45) is 0 Å². The van der Waals surface area contributed by atoms with E-state index in [2.05, 4.69) is 52.7 Å². The van der Waals surface area contributed by atoms with Gasteiger partial charge in [0, 0.05) is 22.3 Å². The molecular formula is C15H21IN2O2. The van der Waals surface area contributed by atoms with Gasteiger partial charge >= 0.3 is 0 Å². The lowest BCUT2D eigenvalue weighted by Gasteiger charge is -2.26. The number of carbonyl (C=O) groups excluding carboxylic acids is 1. The number of ether oxygens (including phenoxy) is 1. The minimum atomic E-state index is 0.0509. The summed E-state index contributed by atoms with van der Waals surface area (Å²) in [4.78, 5) is 14.3. The summed E-state index contributed by atoms with van der Waals surface area (Å²) in [5.74, 6) is 0.443. The molecule has 0 unspecified atom stereocenters. The van der Waals surface area contributed by atoms with Crippen molar-refractivity contribution in [2.45, 2.75) is 19.8 Å². The minimum absolute atomic E-state index is 0.0509. The molecule has 5 heteroatoms. The maximum atomic E-state index is 12.1. The predicted molar refractivity (Wildman–Crippen MR) is 89.1 cm³/mol. The van der Waals surface area contributed by atoms with Crippen LogP contribution in [-0.2, 0) is 9.53 Å². The maximum Gasteiger partial charge on any atom is 0.238 e. The van der Waals surface area contributed by atoms with E-state index in [1.165, 1.54) is 9.13 Å². The predicted octanol–water partition coefficient (Wildman–Crippen LogP) is 2.69. The van der Waals surface area contributed by atoms with E-state index in [1.807, 2.05) is 12.1 Å². The van der Waals surface area contributed by atoms with Crippen LogP contribution in [0.4, 0.5) is 5.69 Å². The third-order valence-electron chi connectivity index (χ3n) is 3.38. The van der Waals surface area contributed by atoms with E-state index in [4.69, 9.17) is 4.74 Å². The van der Waals surface area contributed by atoms with Crippen LogP contribution in [0.3, 0.4) is 0 Å². The van der Waals surface area contributed by atoms with Crippen LogP contribution in [0, 0.1) is 3.57 Å². The Morgan fingerprint density at radius 1 is 1.40 bits per heavy atom. The van der Waals surface area contributed by atoms with Crippen LogP contribution in [-0.4, -0.2) is 43.7 Å². The zero-order valence-corrected chi connectivity index (χ0v) is 14.1. The number of carbonyl (C=O) groups is 1. The summed E-state index contributed by atoms with van der Waals surface area (Å²) in [6.07, 6.45) is 0. The van der Waals surface area contributed by atoms with Gasteiger partial charge in [-0.2, -0.15) is 0 Å². The number of nitrogens with zero attached hydrogens (tertiary/aromatic N) is 1. The van der Waals surface area contributed by atoms with Crippen LogP contribution in [0.25, 0.3) is 0 Å². The minimum Gasteiger partial charge on any atom is -0.379 e. The first-order valence-electron chi connectivity index (χ1n) is 6.95. The molecule has 0 atom stereocenters. The van der Waals surface area contributed by atoms with Gasteiger partial charge in [0.2, 0.25) is 5.91 Å². The van der Waals surface area contributed by atoms with Gasteiger partial charge in [-0.05, 0) is 52.3 Å². The van der Waals surface area contributed by atoms with Crippen molar-refractivity contribution in [1.29, 1.82) is 0 Å². The second kappa shape index (κ2) is 7.38. The average molecular weight is 388 g/mol. The lowest BCUT2D eigenvalue weighted by molar-refractivity contribution is -0.118. The van der Waals surface area contributed by atoms with Crippen LogP contribution >= 0.6 is 22.6 Å². The fourth-order valence-corrected chi connectivity index (χ4v) is 2.79. The van der Waals surface area contributed by atoms with E-state index in [0.29, 0.717) is 25.7 Å².